The number of carbonyl (C=O) groups is 2. The van der Waals surface area contributed by atoms with Crippen LogP contribution in [-0.4, -0.2) is 28.6 Å². The van der Waals surface area contributed by atoms with E-state index in [-0.39, 0.29) is 29.6 Å². The number of para-hydroxylation sites is 1. The fraction of sp³-hybridized carbons (Fsp3) is 0.444. The number of nitrogens with zero attached hydrogens (tertiary/aromatic N) is 3. The molecule has 0 bridgehead atoms. The van der Waals surface area contributed by atoms with Gasteiger partial charge in [-0.05, 0) is 18.6 Å². The van der Waals surface area contributed by atoms with Crippen LogP contribution in [0, 0.1) is 5.92 Å². The zero-order chi connectivity index (χ0) is 18.0. The van der Waals surface area contributed by atoms with E-state index in [0.29, 0.717) is 11.7 Å². The molecule has 1 unspecified atom stereocenters. The molecule has 1 aliphatic rings. The van der Waals surface area contributed by atoms with Crippen molar-refractivity contribution >= 4 is 34.0 Å². The van der Waals surface area contributed by atoms with Gasteiger partial charge in [0.05, 0.1) is 5.92 Å². The number of carbonyl (C=O) groups excluding carboxylic acids is 2. The molecule has 132 valence electrons. The van der Waals surface area contributed by atoms with E-state index >= 15 is 0 Å². The fourth-order valence-corrected chi connectivity index (χ4v) is 3.57. The standard InChI is InChI=1S/C18H22N4O2S/c1-4-18(2,3)16-20-21-17(25-16)19-15(24)12-10-14(23)22(11-12)13-8-6-5-7-9-13/h5-9,12H,4,10-11H2,1-3H3,(H,19,21,24). The molecule has 0 saturated carbocycles. The maximum atomic E-state index is 12.5. The Morgan fingerprint density at radius 1 is 1.32 bits per heavy atom. The van der Waals surface area contributed by atoms with Gasteiger partial charge in [0.2, 0.25) is 16.9 Å². The van der Waals surface area contributed by atoms with Crippen LogP contribution in [0.15, 0.2) is 30.3 Å². The molecule has 2 heterocycles. The number of amides is 2. The lowest BCUT2D eigenvalue weighted by atomic mass is 9.91. The summed E-state index contributed by atoms with van der Waals surface area (Å²) in [6.45, 7) is 6.70. The third kappa shape index (κ3) is 3.71. The predicted molar refractivity (Wildman–Crippen MR) is 98.8 cm³/mol. The van der Waals surface area contributed by atoms with E-state index in [0.717, 1.165) is 17.1 Å². The van der Waals surface area contributed by atoms with Crippen molar-refractivity contribution < 1.29 is 9.59 Å². The highest BCUT2D eigenvalue weighted by Gasteiger charge is 2.35. The molecule has 1 atom stereocenters. The topological polar surface area (TPSA) is 75.2 Å². The van der Waals surface area contributed by atoms with Crippen LogP contribution in [0.1, 0.15) is 38.6 Å². The van der Waals surface area contributed by atoms with Crippen LogP contribution in [0.25, 0.3) is 0 Å². The van der Waals surface area contributed by atoms with Crippen LogP contribution in [0.5, 0.6) is 0 Å². The highest BCUT2D eigenvalue weighted by Crippen LogP contribution is 2.32. The summed E-state index contributed by atoms with van der Waals surface area (Å²) in [6.07, 6.45) is 1.16. The molecule has 1 fully saturated rings. The summed E-state index contributed by atoms with van der Waals surface area (Å²) in [5.74, 6) is -0.584. The maximum Gasteiger partial charge on any atom is 0.231 e. The largest absolute Gasteiger partial charge is 0.312 e. The SMILES string of the molecule is CCC(C)(C)c1nnc(NC(=O)C2CC(=O)N(c3ccccc3)C2)s1. The van der Waals surface area contributed by atoms with E-state index in [1.807, 2.05) is 30.3 Å². The predicted octanol–water partition coefficient (Wildman–Crippen LogP) is 3.22. The average Bonchev–Trinajstić information content (AvgIpc) is 3.23. The smallest absolute Gasteiger partial charge is 0.231 e. The van der Waals surface area contributed by atoms with Crippen molar-refractivity contribution in [2.75, 3.05) is 16.8 Å². The van der Waals surface area contributed by atoms with E-state index in [4.69, 9.17) is 0 Å². The molecule has 1 aromatic heterocycles. The van der Waals surface area contributed by atoms with Crippen molar-refractivity contribution in [1.29, 1.82) is 0 Å². The average molecular weight is 358 g/mol. The summed E-state index contributed by atoms with van der Waals surface area (Å²) in [7, 11) is 0. The van der Waals surface area contributed by atoms with Gasteiger partial charge in [0.15, 0.2) is 0 Å². The molecule has 0 spiro atoms. The number of aromatic nitrogens is 2. The van der Waals surface area contributed by atoms with Crippen molar-refractivity contribution in [2.45, 2.75) is 39.0 Å². The Kier molecular flexibility index (Phi) is 4.85. The molecule has 2 amide bonds. The van der Waals surface area contributed by atoms with Gasteiger partial charge in [-0.1, -0.05) is 50.3 Å². The Labute approximate surface area is 151 Å². The van der Waals surface area contributed by atoms with Crippen LogP contribution in [0.2, 0.25) is 0 Å². The van der Waals surface area contributed by atoms with Gasteiger partial charge in [-0.25, -0.2) is 0 Å². The number of nitrogens with one attached hydrogen (secondary N) is 1. The molecule has 0 radical (unpaired) electrons. The van der Waals surface area contributed by atoms with Crippen molar-refractivity contribution in [3.63, 3.8) is 0 Å². The molecule has 0 aliphatic carbocycles. The molecule has 7 heteroatoms. The number of hydrogen-bond acceptors (Lipinski definition) is 5. The van der Waals surface area contributed by atoms with Gasteiger partial charge in [0, 0.05) is 24.1 Å². The first kappa shape index (κ1) is 17.5. The minimum atomic E-state index is -0.376. The van der Waals surface area contributed by atoms with Crippen molar-refractivity contribution in [3.05, 3.63) is 35.3 Å². The Hall–Kier alpha value is -2.28. The number of hydrogen-bond donors (Lipinski definition) is 1. The molecule has 2 aromatic rings. The van der Waals surface area contributed by atoms with E-state index in [2.05, 4.69) is 36.3 Å². The zero-order valence-electron chi connectivity index (χ0n) is 14.7. The molecule has 25 heavy (non-hydrogen) atoms. The normalized spacial score (nSPS) is 17.8. The first-order valence-electron chi connectivity index (χ1n) is 8.41. The Bertz CT molecular complexity index is 772. The Balaban J connectivity index is 1.66. The van der Waals surface area contributed by atoms with Crippen molar-refractivity contribution in [2.24, 2.45) is 5.92 Å². The van der Waals surface area contributed by atoms with Gasteiger partial charge in [0.1, 0.15) is 5.01 Å². The summed E-state index contributed by atoms with van der Waals surface area (Å²) in [6, 6.07) is 9.42. The lowest BCUT2D eigenvalue weighted by Crippen LogP contribution is -2.28. The van der Waals surface area contributed by atoms with Crippen LogP contribution in [0.3, 0.4) is 0 Å². The summed E-state index contributed by atoms with van der Waals surface area (Å²) in [5.41, 5.74) is 0.763. The van der Waals surface area contributed by atoms with Crippen molar-refractivity contribution in [3.8, 4) is 0 Å². The minimum absolute atomic E-state index is 0.0311. The Morgan fingerprint density at radius 3 is 2.72 bits per heavy atom. The molecule has 1 saturated heterocycles. The first-order valence-corrected chi connectivity index (χ1v) is 9.22. The first-order chi connectivity index (χ1) is 11.9. The van der Waals surface area contributed by atoms with E-state index in [9.17, 15) is 9.59 Å². The summed E-state index contributed by atoms with van der Waals surface area (Å²) < 4.78 is 0. The van der Waals surface area contributed by atoms with Crippen LogP contribution in [0.4, 0.5) is 10.8 Å². The second-order valence-corrected chi connectivity index (χ2v) is 7.86. The molecule has 3 rings (SSSR count). The lowest BCUT2D eigenvalue weighted by Gasteiger charge is -2.17. The monoisotopic (exact) mass is 358 g/mol. The summed E-state index contributed by atoms with van der Waals surface area (Å²) >= 11 is 1.40. The van der Waals surface area contributed by atoms with Gasteiger partial charge in [-0.3, -0.25) is 9.59 Å². The minimum Gasteiger partial charge on any atom is -0.312 e. The van der Waals surface area contributed by atoms with Gasteiger partial charge in [-0.15, -0.1) is 10.2 Å². The van der Waals surface area contributed by atoms with Crippen LogP contribution in [-0.2, 0) is 15.0 Å². The van der Waals surface area contributed by atoms with E-state index < -0.39 is 0 Å². The maximum absolute atomic E-state index is 12.5. The molecular weight excluding hydrogens is 336 g/mol. The summed E-state index contributed by atoms with van der Waals surface area (Å²) in [4.78, 5) is 26.4. The number of benzene rings is 1. The third-order valence-corrected chi connectivity index (χ3v) is 5.89. The second kappa shape index (κ2) is 6.92. The van der Waals surface area contributed by atoms with Gasteiger partial charge in [-0.2, -0.15) is 0 Å². The number of rotatable bonds is 5. The number of anilines is 2. The quantitative estimate of drug-likeness (QED) is 0.890. The zero-order valence-corrected chi connectivity index (χ0v) is 15.5. The van der Waals surface area contributed by atoms with E-state index in [1.54, 1.807) is 4.90 Å². The lowest BCUT2D eigenvalue weighted by molar-refractivity contribution is -0.122. The van der Waals surface area contributed by atoms with Crippen molar-refractivity contribution in [1.82, 2.24) is 10.2 Å². The molecular formula is C18H22N4O2S. The summed E-state index contributed by atoms with van der Waals surface area (Å²) in [5, 5.41) is 12.5. The van der Waals surface area contributed by atoms with Gasteiger partial charge < -0.3 is 10.2 Å². The molecule has 1 N–H and O–H groups in total. The molecule has 6 nitrogen and oxygen atoms in total. The van der Waals surface area contributed by atoms with Crippen LogP contribution >= 0.6 is 11.3 Å². The second-order valence-electron chi connectivity index (χ2n) is 6.88. The molecule has 1 aromatic carbocycles. The van der Waals surface area contributed by atoms with Gasteiger partial charge in [0.25, 0.3) is 0 Å². The Morgan fingerprint density at radius 2 is 2.04 bits per heavy atom. The van der Waals surface area contributed by atoms with Gasteiger partial charge >= 0.3 is 0 Å². The third-order valence-electron chi connectivity index (χ3n) is 4.68. The van der Waals surface area contributed by atoms with E-state index in [1.165, 1.54) is 11.3 Å². The highest BCUT2D eigenvalue weighted by atomic mass is 32.1. The highest BCUT2D eigenvalue weighted by molar-refractivity contribution is 7.15. The molecule has 1 aliphatic heterocycles. The van der Waals surface area contributed by atoms with Crippen LogP contribution < -0.4 is 10.2 Å². The fourth-order valence-electron chi connectivity index (χ4n) is 2.65.